The molecule has 3 heteroatoms. The van der Waals surface area contributed by atoms with Gasteiger partial charge in [0.15, 0.2) is 0 Å². The smallest absolute Gasteiger partial charge is 0.123 e. The van der Waals surface area contributed by atoms with Gasteiger partial charge in [0.2, 0.25) is 0 Å². The summed E-state index contributed by atoms with van der Waals surface area (Å²) in [5.74, 6) is 0.403. The molecule has 1 atom stereocenters. The molecule has 1 unspecified atom stereocenters. The molecule has 0 aliphatic carbocycles. The van der Waals surface area contributed by atoms with E-state index in [1.165, 1.54) is 6.07 Å². The summed E-state index contributed by atoms with van der Waals surface area (Å²) < 4.78 is 14.0. The highest BCUT2D eigenvalue weighted by atomic mass is 79.9. The van der Waals surface area contributed by atoms with Crippen molar-refractivity contribution in [2.24, 2.45) is 5.92 Å². The van der Waals surface area contributed by atoms with E-state index < -0.39 is 0 Å². The van der Waals surface area contributed by atoms with Crippen LogP contribution in [0.15, 0.2) is 22.7 Å². The summed E-state index contributed by atoms with van der Waals surface area (Å²) in [6, 6.07) is 4.87. The van der Waals surface area contributed by atoms with Crippen LogP contribution >= 0.6 is 15.9 Å². The first-order valence-corrected chi connectivity index (χ1v) is 6.05. The normalized spacial score (nSPS) is 12.8. The summed E-state index contributed by atoms with van der Waals surface area (Å²) in [4.78, 5) is 0. The van der Waals surface area contributed by atoms with E-state index in [-0.39, 0.29) is 5.82 Å². The van der Waals surface area contributed by atoms with E-state index in [2.05, 4.69) is 28.2 Å². The molecule has 0 aromatic heterocycles. The Bertz CT molecular complexity index is 314. The van der Waals surface area contributed by atoms with Crippen molar-refractivity contribution in [1.29, 1.82) is 0 Å². The molecule has 0 saturated heterocycles. The third kappa shape index (κ3) is 3.92. The molecule has 0 amide bonds. The topological polar surface area (TPSA) is 12.0 Å². The van der Waals surface area contributed by atoms with Crippen LogP contribution in [0.3, 0.4) is 0 Å². The largest absolute Gasteiger partial charge is 0.319 e. The van der Waals surface area contributed by atoms with Crippen LogP contribution in [-0.4, -0.2) is 13.6 Å². The Kier molecular flexibility index (Phi) is 5.26. The zero-order chi connectivity index (χ0) is 11.3. The summed E-state index contributed by atoms with van der Waals surface area (Å²) in [5, 5.41) is 3.16. The van der Waals surface area contributed by atoms with Crippen LogP contribution in [0.5, 0.6) is 0 Å². The highest BCUT2D eigenvalue weighted by Gasteiger charge is 2.09. The zero-order valence-corrected chi connectivity index (χ0v) is 10.8. The van der Waals surface area contributed by atoms with Gasteiger partial charge in [-0.2, -0.15) is 0 Å². The molecule has 0 aliphatic rings. The van der Waals surface area contributed by atoms with E-state index in [0.717, 1.165) is 29.4 Å². The van der Waals surface area contributed by atoms with Crippen LogP contribution in [0.1, 0.15) is 18.9 Å². The molecule has 0 heterocycles. The van der Waals surface area contributed by atoms with Gasteiger partial charge in [-0.15, -0.1) is 0 Å². The Morgan fingerprint density at radius 1 is 1.47 bits per heavy atom. The highest BCUT2D eigenvalue weighted by Crippen LogP contribution is 2.22. The van der Waals surface area contributed by atoms with Crippen molar-refractivity contribution in [3.63, 3.8) is 0 Å². The van der Waals surface area contributed by atoms with Gasteiger partial charge in [0.05, 0.1) is 0 Å². The lowest BCUT2D eigenvalue weighted by atomic mass is 9.97. The van der Waals surface area contributed by atoms with Crippen molar-refractivity contribution in [3.8, 4) is 0 Å². The molecule has 1 rings (SSSR count). The number of hydrogen-bond acceptors (Lipinski definition) is 1. The van der Waals surface area contributed by atoms with Crippen molar-refractivity contribution in [1.82, 2.24) is 5.32 Å². The highest BCUT2D eigenvalue weighted by molar-refractivity contribution is 9.10. The van der Waals surface area contributed by atoms with Crippen LogP contribution in [0.4, 0.5) is 4.39 Å². The molecule has 84 valence electrons. The van der Waals surface area contributed by atoms with Gasteiger partial charge < -0.3 is 5.32 Å². The Morgan fingerprint density at radius 3 is 2.80 bits per heavy atom. The van der Waals surface area contributed by atoms with E-state index in [1.54, 1.807) is 12.1 Å². The molecule has 1 nitrogen and oxygen atoms in total. The first-order chi connectivity index (χ1) is 7.17. The van der Waals surface area contributed by atoms with Crippen molar-refractivity contribution in [2.45, 2.75) is 19.8 Å². The molecule has 0 bridgehead atoms. The van der Waals surface area contributed by atoms with Gasteiger partial charge in [0.25, 0.3) is 0 Å². The summed E-state index contributed by atoms with van der Waals surface area (Å²) >= 11 is 3.45. The minimum Gasteiger partial charge on any atom is -0.319 e. The maximum Gasteiger partial charge on any atom is 0.123 e. The Morgan fingerprint density at radius 2 is 2.20 bits per heavy atom. The fourth-order valence-electron chi connectivity index (χ4n) is 1.66. The van der Waals surface area contributed by atoms with Gasteiger partial charge in [0.1, 0.15) is 5.82 Å². The Hall–Kier alpha value is -0.410. The van der Waals surface area contributed by atoms with Gasteiger partial charge in [-0.05, 0) is 49.7 Å². The molecule has 0 spiro atoms. The zero-order valence-electron chi connectivity index (χ0n) is 9.19. The van der Waals surface area contributed by atoms with E-state index in [0.29, 0.717) is 5.92 Å². The second-order valence-electron chi connectivity index (χ2n) is 3.77. The minimum atomic E-state index is -0.160. The maximum absolute atomic E-state index is 13.1. The number of benzene rings is 1. The van der Waals surface area contributed by atoms with Crippen LogP contribution < -0.4 is 5.32 Å². The summed E-state index contributed by atoms with van der Waals surface area (Å²) in [6.45, 7) is 3.13. The molecule has 0 saturated carbocycles. The summed E-state index contributed by atoms with van der Waals surface area (Å²) in [7, 11) is 1.95. The third-order valence-electron chi connectivity index (χ3n) is 2.59. The van der Waals surface area contributed by atoms with E-state index in [4.69, 9.17) is 0 Å². The lowest BCUT2D eigenvalue weighted by Gasteiger charge is -2.15. The number of nitrogens with one attached hydrogen (secondary N) is 1. The van der Waals surface area contributed by atoms with Crippen LogP contribution in [-0.2, 0) is 6.42 Å². The van der Waals surface area contributed by atoms with Gasteiger partial charge in [0, 0.05) is 4.47 Å². The molecule has 15 heavy (non-hydrogen) atoms. The average Bonchev–Trinajstić information content (AvgIpc) is 2.22. The van der Waals surface area contributed by atoms with E-state index in [1.807, 2.05) is 7.05 Å². The first kappa shape index (κ1) is 12.7. The van der Waals surface area contributed by atoms with Crippen LogP contribution in [0.25, 0.3) is 0 Å². The molecule has 0 radical (unpaired) electrons. The Balaban J connectivity index is 2.73. The van der Waals surface area contributed by atoms with Crippen molar-refractivity contribution in [2.75, 3.05) is 13.6 Å². The van der Waals surface area contributed by atoms with E-state index >= 15 is 0 Å². The molecular weight excluding hydrogens is 257 g/mol. The quantitative estimate of drug-likeness (QED) is 0.868. The van der Waals surface area contributed by atoms with Gasteiger partial charge in [-0.3, -0.25) is 0 Å². The first-order valence-electron chi connectivity index (χ1n) is 5.25. The predicted octanol–water partition coefficient (Wildman–Crippen LogP) is 3.38. The lowest BCUT2D eigenvalue weighted by molar-refractivity contribution is 0.479. The Labute approximate surface area is 99.2 Å². The molecule has 1 N–H and O–H groups in total. The molecule has 0 aliphatic heterocycles. The summed E-state index contributed by atoms with van der Waals surface area (Å²) in [5.41, 5.74) is 1.05. The lowest BCUT2D eigenvalue weighted by Crippen LogP contribution is -2.20. The predicted molar refractivity (Wildman–Crippen MR) is 65.5 cm³/mol. The van der Waals surface area contributed by atoms with Crippen molar-refractivity contribution >= 4 is 15.9 Å². The molecule has 1 aromatic carbocycles. The average molecular weight is 274 g/mol. The summed E-state index contributed by atoms with van der Waals surface area (Å²) in [6.07, 6.45) is 2.01. The SMILES string of the molecule is CCC(CNC)Cc1cc(F)ccc1Br. The fraction of sp³-hybridized carbons (Fsp3) is 0.500. The van der Waals surface area contributed by atoms with Gasteiger partial charge in [-0.1, -0.05) is 29.3 Å². The van der Waals surface area contributed by atoms with Crippen LogP contribution in [0.2, 0.25) is 0 Å². The van der Waals surface area contributed by atoms with Gasteiger partial charge >= 0.3 is 0 Å². The van der Waals surface area contributed by atoms with Crippen molar-refractivity contribution < 1.29 is 4.39 Å². The van der Waals surface area contributed by atoms with Gasteiger partial charge in [-0.25, -0.2) is 4.39 Å². The van der Waals surface area contributed by atoms with E-state index in [9.17, 15) is 4.39 Å². The number of halogens is 2. The standard InChI is InChI=1S/C12H17BrFN/c1-3-9(8-15-2)6-10-7-11(14)4-5-12(10)13/h4-5,7,9,15H,3,6,8H2,1-2H3. The molecule has 0 fully saturated rings. The number of hydrogen-bond donors (Lipinski definition) is 1. The van der Waals surface area contributed by atoms with Crippen molar-refractivity contribution in [3.05, 3.63) is 34.1 Å². The number of rotatable bonds is 5. The fourth-order valence-corrected chi connectivity index (χ4v) is 2.07. The second-order valence-corrected chi connectivity index (χ2v) is 4.63. The van der Waals surface area contributed by atoms with Crippen LogP contribution in [0, 0.1) is 11.7 Å². The maximum atomic E-state index is 13.1. The monoisotopic (exact) mass is 273 g/mol. The second kappa shape index (κ2) is 6.23. The minimum absolute atomic E-state index is 0.160. The third-order valence-corrected chi connectivity index (χ3v) is 3.36. The molecule has 1 aromatic rings. The molecular formula is C12H17BrFN.